The van der Waals surface area contributed by atoms with Crippen molar-refractivity contribution in [2.45, 2.75) is 0 Å². The minimum absolute atomic E-state index is 0.216. The highest BCUT2D eigenvalue weighted by atomic mass is 32.1. The van der Waals surface area contributed by atoms with Crippen LogP contribution in [0.2, 0.25) is 0 Å². The van der Waals surface area contributed by atoms with Crippen LogP contribution in [0.4, 0.5) is 0 Å². The Kier molecular flexibility index (Phi) is 2.19. The van der Waals surface area contributed by atoms with E-state index in [1.54, 1.807) is 24.5 Å². The second-order valence-electron chi connectivity index (χ2n) is 2.59. The van der Waals surface area contributed by atoms with E-state index < -0.39 is 0 Å². The molecule has 0 aliphatic carbocycles. The number of hydrogen-bond acceptors (Lipinski definition) is 4. The van der Waals surface area contributed by atoms with Crippen molar-refractivity contribution in [2.24, 2.45) is 0 Å². The molecule has 0 aliphatic heterocycles. The van der Waals surface area contributed by atoms with Crippen LogP contribution in [-0.4, -0.2) is 20.2 Å². The van der Waals surface area contributed by atoms with E-state index in [1.807, 2.05) is 0 Å². The summed E-state index contributed by atoms with van der Waals surface area (Å²) in [4.78, 5) is 17.7. The summed E-state index contributed by atoms with van der Waals surface area (Å²) in [6.07, 6.45) is 3.19. The number of pyridine rings is 1. The lowest BCUT2D eigenvalue weighted by Gasteiger charge is -1.96. The summed E-state index contributed by atoms with van der Waals surface area (Å²) in [5.41, 5.74) is 0.702. The number of nitrogens with zero attached hydrogens (tertiary/aromatic N) is 2. The van der Waals surface area contributed by atoms with Crippen molar-refractivity contribution in [1.29, 1.82) is 0 Å². The smallest absolute Gasteiger partial charge is 0.278 e. The summed E-state index contributed by atoms with van der Waals surface area (Å²) < 4.78 is 0.216. The standard InChI is InChI=1S/C8H6N4OS/c13-7-6(11-12-8(14)10-7)5-1-3-9-4-2-5/h1-4H,(H2,10,12,13,14). The molecular formula is C8H6N4OS. The van der Waals surface area contributed by atoms with E-state index in [9.17, 15) is 4.79 Å². The second-order valence-corrected chi connectivity index (χ2v) is 3.00. The largest absolute Gasteiger partial charge is 0.296 e. The van der Waals surface area contributed by atoms with E-state index in [4.69, 9.17) is 12.2 Å². The van der Waals surface area contributed by atoms with Crippen LogP contribution in [0.25, 0.3) is 11.3 Å². The minimum atomic E-state index is -0.306. The van der Waals surface area contributed by atoms with Gasteiger partial charge in [-0.1, -0.05) is 0 Å². The lowest BCUT2D eigenvalue weighted by atomic mass is 10.2. The third kappa shape index (κ3) is 1.60. The molecule has 0 saturated carbocycles. The summed E-state index contributed by atoms with van der Waals surface area (Å²) in [5, 5.41) is 6.38. The lowest BCUT2D eigenvalue weighted by molar-refractivity contribution is 0.931. The van der Waals surface area contributed by atoms with Crippen LogP contribution in [0, 0.1) is 4.77 Å². The van der Waals surface area contributed by atoms with E-state index in [-0.39, 0.29) is 10.3 Å². The van der Waals surface area contributed by atoms with E-state index in [1.165, 1.54) is 0 Å². The Morgan fingerprint density at radius 1 is 1.29 bits per heavy atom. The van der Waals surface area contributed by atoms with E-state index in [2.05, 4.69) is 20.2 Å². The molecule has 0 amide bonds. The average Bonchev–Trinajstić information content (AvgIpc) is 2.19. The van der Waals surface area contributed by atoms with Gasteiger partial charge in [-0.05, 0) is 24.4 Å². The summed E-state index contributed by atoms with van der Waals surface area (Å²) in [6, 6.07) is 3.41. The number of aromatic amines is 2. The molecule has 0 radical (unpaired) electrons. The van der Waals surface area contributed by atoms with Gasteiger partial charge < -0.3 is 0 Å². The monoisotopic (exact) mass is 206 g/mol. The van der Waals surface area contributed by atoms with Gasteiger partial charge in [-0.25, -0.2) is 0 Å². The van der Waals surface area contributed by atoms with Gasteiger partial charge in [0.25, 0.3) is 5.56 Å². The first kappa shape index (κ1) is 8.76. The molecule has 2 heterocycles. The zero-order valence-corrected chi connectivity index (χ0v) is 7.84. The first-order valence-electron chi connectivity index (χ1n) is 3.87. The van der Waals surface area contributed by atoms with Crippen molar-refractivity contribution in [2.75, 3.05) is 0 Å². The van der Waals surface area contributed by atoms with E-state index in [0.717, 1.165) is 0 Å². The highest BCUT2D eigenvalue weighted by Crippen LogP contribution is 2.08. The Morgan fingerprint density at radius 2 is 2.00 bits per heavy atom. The van der Waals surface area contributed by atoms with Crippen LogP contribution < -0.4 is 5.56 Å². The Morgan fingerprint density at radius 3 is 2.64 bits per heavy atom. The average molecular weight is 206 g/mol. The van der Waals surface area contributed by atoms with Gasteiger partial charge >= 0.3 is 0 Å². The molecule has 2 aromatic rings. The fraction of sp³-hybridized carbons (Fsp3) is 0. The van der Waals surface area contributed by atoms with E-state index in [0.29, 0.717) is 11.3 Å². The van der Waals surface area contributed by atoms with Crippen LogP contribution in [-0.2, 0) is 0 Å². The maximum atomic E-state index is 11.4. The van der Waals surface area contributed by atoms with Gasteiger partial charge in [-0.2, -0.15) is 5.10 Å². The van der Waals surface area contributed by atoms with Crippen LogP contribution in [0.3, 0.4) is 0 Å². The van der Waals surface area contributed by atoms with Crippen molar-refractivity contribution in [1.82, 2.24) is 20.2 Å². The summed E-state index contributed by atoms with van der Waals surface area (Å²) in [7, 11) is 0. The highest BCUT2D eigenvalue weighted by Gasteiger charge is 2.03. The minimum Gasteiger partial charge on any atom is -0.296 e. The number of hydrogen-bond donors (Lipinski definition) is 2. The van der Waals surface area contributed by atoms with Crippen molar-refractivity contribution < 1.29 is 0 Å². The number of rotatable bonds is 1. The topological polar surface area (TPSA) is 74.4 Å². The van der Waals surface area contributed by atoms with Gasteiger partial charge in [0, 0.05) is 18.0 Å². The molecule has 0 spiro atoms. The molecule has 0 aromatic carbocycles. The van der Waals surface area contributed by atoms with Gasteiger partial charge in [0.05, 0.1) is 0 Å². The summed E-state index contributed by atoms with van der Waals surface area (Å²) >= 11 is 4.72. The first-order valence-corrected chi connectivity index (χ1v) is 4.27. The van der Waals surface area contributed by atoms with Gasteiger partial charge in [0.15, 0.2) is 10.5 Å². The van der Waals surface area contributed by atoms with Crippen molar-refractivity contribution in [3.05, 3.63) is 39.7 Å². The van der Waals surface area contributed by atoms with Crippen LogP contribution >= 0.6 is 12.2 Å². The molecule has 0 aliphatic rings. The normalized spacial score (nSPS) is 10.0. The molecule has 2 aromatic heterocycles. The molecule has 0 unspecified atom stereocenters. The Bertz CT molecular complexity index is 545. The molecule has 0 fully saturated rings. The Labute approximate surface area is 83.9 Å². The molecule has 0 bridgehead atoms. The Hall–Kier alpha value is -1.82. The predicted octanol–water partition coefficient (Wildman–Crippen LogP) is 0.889. The number of H-pyrrole nitrogens is 2. The fourth-order valence-corrected chi connectivity index (χ4v) is 1.19. The second kappa shape index (κ2) is 3.51. The molecule has 6 heteroatoms. The third-order valence-corrected chi connectivity index (χ3v) is 1.86. The lowest BCUT2D eigenvalue weighted by Crippen LogP contribution is -2.12. The molecule has 2 N–H and O–H groups in total. The van der Waals surface area contributed by atoms with Gasteiger partial charge in [-0.3, -0.25) is 19.9 Å². The molecule has 2 rings (SSSR count). The van der Waals surface area contributed by atoms with Crippen molar-refractivity contribution in [3.8, 4) is 11.3 Å². The van der Waals surface area contributed by atoms with Crippen LogP contribution in [0.1, 0.15) is 0 Å². The number of aromatic nitrogens is 4. The Balaban J connectivity index is 2.64. The van der Waals surface area contributed by atoms with Gasteiger partial charge in [-0.15, -0.1) is 0 Å². The molecular weight excluding hydrogens is 200 g/mol. The maximum absolute atomic E-state index is 11.4. The zero-order valence-electron chi connectivity index (χ0n) is 7.02. The summed E-state index contributed by atoms with van der Waals surface area (Å²) in [5.74, 6) is 0. The van der Waals surface area contributed by atoms with Gasteiger partial charge in [0.2, 0.25) is 0 Å². The quantitative estimate of drug-likeness (QED) is 0.679. The number of nitrogens with one attached hydrogen (secondary N) is 2. The molecule has 70 valence electrons. The van der Waals surface area contributed by atoms with Gasteiger partial charge in [0.1, 0.15) is 0 Å². The zero-order chi connectivity index (χ0) is 9.97. The molecule has 0 atom stereocenters. The third-order valence-electron chi connectivity index (χ3n) is 1.67. The molecule has 14 heavy (non-hydrogen) atoms. The van der Waals surface area contributed by atoms with Crippen LogP contribution in [0.15, 0.2) is 29.3 Å². The molecule has 0 saturated heterocycles. The maximum Gasteiger partial charge on any atom is 0.278 e. The molecule has 5 nitrogen and oxygen atoms in total. The summed E-state index contributed by atoms with van der Waals surface area (Å²) in [6.45, 7) is 0. The SMILES string of the molecule is O=c1[nH]c(=S)[nH]nc1-c1ccncc1. The predicted molar refractivity (Wildman–Crippen MR) is 53.3 cm³/mol. The first-order chi connectivity index (χ1) is 6.77. The highest BCUT2D eigenvalue weighted by molar-refractivity contribution is 7.71. The fourth-order valence-electron chi connectivity index (χ4n) is 1.05. The van der Waals surface area contributed by atoms with Crippen molar-refractivity contribution in [3.63, 3.8) is 0 Å². The van der Waals surface area contributed by atoms with Crippen molar-refractivity contribution >= 4 is 12.2 Å². The van der Waals surface area contributed by atoms with E-state index >= 15 is 0 Å². The van der Waals surface area contributed by atoms with Crippen LogP contribution in [0.5, 0.6) is 0 Å².